The zero-order chi connectivity index (χ0) is 16.7. The van der Waals surface area contributed by atoms with Crippen molar-refractivity contribution in [2.24, 2.45) is 0 Å². The number of esters is 1. The third kappa shape index (κ3) is 2.73. The first-order valence-corrected chi connectivity index (χ1v) is 7.19. The Bertz CT molecular complexity index is 838. The van der Waals surface area contributed by atoms with E-state index in [0.29, 0.717) is 16.5 Å². The molecular weight excluding hydrogens is 327 g/mol. The van der Waals surface area contributed by atoms with E-state index >= 15 is 0 Å². The molecule has 1 heterocycles. The summed E-state index contributed by atoms with van der Waals surface area (Å²) in [6.07, 6.45) is 0. The minimum absolute atomic E-state index is 0.119. The Morgan fingerprint density at radius 3 is 2.45 bits per heavy atom. The molecule has 0 aliphatic rings. The number of hydrogen-bond acceptors (Lipinski definition) is 5. The van der Waals surface area contributed by atoms with Crippen molar-refractivity contribution in [1.82, 2.24) is 4.98 Å². The molecule has 0 atom stereocenters. The second kappa shape index (κ2) is 5.20. The second-order valence-electron chi connectivity index (χ2n) is 4.31. The third-order valence-corrected chi connectivity index (χ3v) is 3.89. The molecule has 0 unspecified atom stereocenters. The predicted octanol–water partition coefficient (Wildman–Crippen LogP) is 2.49. The maximum Gasteiger partial charge on any atom is 0.534 e. The fourth-order valence-electron chi connectivity index (χ4n) is 1.84. The number of benzene rings is 1. The fourth-order valence-corrected chi connectivity index (χ4v) is 2.29. The standard InChI is InChI=1S/C12H10F3NO5S/c1-6-8-5-7(21-22(18,19)12(13,14)15)3-4-9(8)16-10(6)11(17)20-2/h3-5,16H,1-2H3. The zero-order valence-electron chi connectivity index (χ0n) is 11.3. The molecule has 6 nitrogen and oxygen atoms in total. The topological polar surface area (TPSA) is 85.5 Å². The minimum Gasteiger partial charge on any atom is -0.464 e. The van der Waals surface area contributed by atoms with Crippen molar-refractivity contribution >= 4 is 27.0 Å². The van der Waals surface area contributed by atoms with Gasteiger partial charge < -0.3 is 13.9 Å². The summed E-state index contributed by atoms with van der Waals surface area (Å²) in [6.45, 7) is 1.53. The molecule has 1 aromatic heterocycles. The van der Waals surface area contributed by atoms with Crippen LogP contribution in [0.2, 0.25) is 0 Å². The highest BCUT2D eigenvalue weighted by Gasteiger charge is 2.48. The van der Waals surface area contributed by atoms with Crippen LogP contribution >= 0.6 is 0 Å². The molecule has 120 valence electrons. The van der Waals surface area contributed by atoms with E-state index in [1.165, 1.54) is 20.1 Å². The number of methoxy groups -OCH3 is 1. The highest BCUT2D eigenvalue weighted by atomic mass is 32.2. The van der Waals surface area contributed by atoms with Crippen LogP contribution in [0.3, 0.4) is 0 Å². The number of aryl methyl sites for hydroxylation is 1. The maximum absolute atomic E-state index is 12.3. The van der Waals surface area contributed by atoms with E-state index in [4.69, 9.17) is 0 Å². The molecule has 0 saturated heterocycles. The Balaban J connectivity index is 2.48. The Kier molecular flexibility index (Phi) is 3.81. The number of ether oxygens (including phenoxy) is 1. The predicted molar refractivity (Wildman–Crippen MR) is 70.0 cm³/mol. The number of aromatic nitrogens is 1. The summed E-state index contributed by atoms with van der Waals surface area (Å²) in [6, 6.07) is 3.44. The number of alkyl halides is 3. The molecule has 10 heteroatoms. The van der Waals surface area contributed by atoms with Crippen LogP contribution in [0.1, 0.15) is 16.1 Å². The van der Waals surface area contributed by atoms with E-state index in [1.54, 1.807) is 0 Å². The summed E-state index contributed by atoms with van der Waals surface area (Å²) in [7, 11) is -4.57. The lowest BCUT2D eigenvalue weighted by atomic mass is 10.1. The van der Waals surface area contributed by atoms with Crippen molar-refractivity contribution in [3.05, 3.63) is 29.5 Å². The molecule has 2 aromatic rings. The molecule has 0 bridgehead atoms. The lowest BCUT2D eigenvalue weighted by molar-refractivity contribution is -0.0500. The summed E-state index contributed by atoms with van der Waals surface area (Å²) in [4.78, 5) is 14.3. The Morgan fingerprint density at radius 2 is 1.91 bits per heavy atom. The first kappa shape index (κ1) is 16.1. The third-order valence-electron chi connectivity index (χ3n) is 2.91. The van der Waals surface area contributed by atoms with E-state index in [2.05, 4.69) is 13.9 Å². The van der Waals surface area contributed by atoms with Crippen LogP contribution in [0.5, 0.6) is 5.75 Å². The van der Waals surface area contributed by atoms with Gasteiger partial charge in [-0.15, -0.1) is 0 Å². The Hall–Kier alpha value is -2.23. The highest BCUT2D eigenvalue weighted by molar-refractivity contribution is 7.88. The molecule has 0 radical (unpaired) electrons. The van der Waals surface area contributed by atoms with E-state index in [-0.39, 0.29) is 5.69 Å². The molecule has 0 saturated carbocycles. The van der Waals surface area contributed by atoms with Crippen LogP contribution in [0, 0.1) is 6.92 Å². The van der Waals surface area contributed by atoms with E-state index in [0.717, 1.165) is 12.1 Å². The number of nitrogens with one attached hydrogen (secondary N) is 1. The SMILES string of the molecule is COC(=O)c1[nH]c2ccc(OS(=O)(=O)C(F)(F)F)cc2c1C. The van der Waals surface area contributed by atoms with Gasteiger partial charge in [0.1, 0.15) is 11.4 Å². The second-order valence-corrected chi connectivity index (χ2v) is 5.84. The molecule has 22 heavy (non-hydrogen) atoms. The number of carbonyl (C=O) groups excluding carboxylic acids is 1. The lowest BCUT2D eigenvalue weighted by Crippen LogP contribution is -2.28. The van der Waals surface area contributed by atoms with Gasteiger partial charge in [-0.3, -0.25) is 0 Å². The molecule has 1 N–H and O–H groups in total. The van der Waals surface area contributed by atoms with Crippen molar-refractivity contribution in [2.45, 2.75) is 12.4 Å². The summed E-state index contributed by atoms with van der Waals surface area (Å²) in [5, 5.41) is 0.343. The maximum atomic E-state index is 12.3. The largest absolute Gasteiger partial charge is 0.534 e. The quantitative estimate of drug-likeness (QED) is 0.528. The smallest absolute Gasteiger partial charge is 0.464 e. The summed E-state index contributed by atoms with van der Waals surface area (Å²) in [5.74, 6) is -1.16. The van der Waals surface area contributed by atoms with Crippen molar-refractivity contribution in [2.75, 3.05) is 7.11 Å². The van der Waals surface area contributed by atoms with Gasteiger partial charge in [0.2, 0.25) is 0 Å². The molecule has 0 amide bonds. The Labute approximate surface area is 123 Å². The van der Waals surface area contributed by atoms with Crippen LogP contribution in [0.4, 0.5) is 13.2 Å². The van der Waals surface area contributed by atoms with Gasteiger partial charge in [-0.1, -0.05) is 0 Å². The zero-order valence-corrected chi connectivity index (χ0v) is 12.1. The van der Waals surface area contributed by atoms with Crippen LogP contribution in [0.25, 0.3) is 10.9 Å². The van der Waals surface area contributed by atoms with Crippen LogP contribution in [-0.2, 0) is 14.9 Å². The van der Waals surface area contributed by atoms with Crippen molar-refractivity contribution in [3.8, 4) is 5.75 Å². The number of halogens is 3. The van der Waals surface area contributed by atoms with Gasteiger partial charge in [-0.2, -0.15) is 21.6 Å². The van der Waals surface area contributed by atoms with Crippen molar-refractivity contribution < 1.29 is 35.3 Å². The van der Waals surface area contributed by atoms with Gasteiger partial charge in [0, 0.05) is 10.9 Å². The molecule has 2 rings (SSSR count). The number of aromatic amines is 1. The van der Waals surface area contributed by atoms with E-state index < -0.39 is 27.3 Å². The lowest BCUT2D eigenvalue weighted by Gasteiger charge is -2.09. The molecule has 1 aromatic carbocycles. The molecule has 0 spiro atoms. The molecule has 0 aliphatic heterocycles. The van der Waals surface area contributed by atoms with E-state index in [9.17, 15) is 26.4 Å². The summed E-state index contributed by atoms with van der Waals surface area (Å²) in [5.41, 5.74) is -4.58. The van der Waals surface area contributed by atoms with Gasteiger partial charge in [-0.25, -0.2) is 4.79 Å². The number of H-pyrrole nitrogens is 1. The van der Waals surface area contributed by atoms with Gasteiger partial charge in [0.15, 0.2) is 0 Å². The normalized spacial score (nSPS) is 12.4. The monoisotopic (exact) mass is 337 g/mol. The number of carbonyl (C=O) groups is 1. The van der Waals surface area contributed by atoms with Crippen LogP contribution in [0.15, 0.2) is 18.2 Å². The van der Waals surface area contributed by atoms with Crippen molar-refractivity contribution in [1.29, 1.82) is 0 Å². The van der Waals surface area contributed by atoms with Gasteiger partial charge in [0.25, 0.3) is 0 Å². The molecule has 0 fully saturated rings. The van der Waals surface area contributed by atoms with Gasteiger partial charge in [0.05, 0.1) is 7.11 Å². The van der Waals surface area contributed by atoms with Crippen LogP contribution < -0.4 is 4.18 Å². The first-order valence-electron chi connectivity index (χ1n) is 5.78. The Morgan fingerprint density at radius 1 is 1.27 bits per heavy atom. The summed E-state index contributed by atoms with van der Waals surface area (Å²) >= 11 is 0. The molecular formula is C12H10F3NO5S. The average Bonchev–Trinajstić information content (AvgIpc) is 2.73. The highest BCUT2D eigenvalue weighted by Crippen LogP contribution is 2.30. The first-order chi connectivity index (χ1) is 10.1. The summed E-state index contributed by atoms with van der Waals surface area (Å²) < 4.78 is 67.4. The molecule has 0 aliphatic carbocycles. The van der Waals surface area contributed by atoms with Gasteiger partial charge in [-0.05, 0) is 30.7 Å². The minimum atomic E-state index is -5.75. The fraction of sp³-hybridized carbons (Fsp3) is 0.250. The van der Waals surface area contributed by atoms with Crippen molar-refractivity contribution in [3.63, 3.8) is 0 Å². The average molecular weight is 337 g/mol. The van der Waals surface area contributed by atoms with Crippen LogP contribution in [-0.4, -0.2) is 32.0 Å². The van der Waals surface area contributed by atoms with E-state index in [1.807, 2.05) is 0 Å². The number of hydrogen-bond donors (Lipinski definition) is 1. The van der Waals surface area contributed by atoms with Gasteiger partial charge >= 0.3 is 21.6 Å². The number of fused-ring (bicyclic) bond motifs is 1. The number of rotatable bonds is 3.